The minimum absolute atomic E-state index is 0.0357. The van der Waals surface area contributed by atoms with Crippen molar-refractivity contribution in [2.75, 3.05) is 18.1 Å². The molecule has 1 heterocycles. The molecule has 0 saturated carbocycles. The first-order chi connectivity index (χ1) is 10.0. The number of carbonyl (C=O) groups is 1. The van der Waals surface area contributed by atoms with E-state index in [-0.39, 0.29) is 18.6 Å². The third-order valence-electron chi connectivity index (χ3n) is 3.26. The molecule has 0 unspecified atom stereocenters. The molecule has 7 heteroatoms. The molecule has 0 atom stereocenters. The Hall–Kier alpha value is -1.47. The van der Waals surface area contributed by atoms with Gasteiger partial charge in [-0.25, -0.2) is 0 Å². The molecule has 2 rings (SSSR count). The van der Waals surface area contributed by atoms with Crippen LogP contribution in [0, 0.1) is 0 Å². The molecule has 0 bridgehead atoms. The molecule has 0 aliphatic carbocycles. The number of nitrogens with one attached hydrogen (secondary N) is 1. The molecule has 1 aliphatic rings. The first-order valence-corrected chi connectivity index (χ1v) is 8.61. The van der Waals surface area contributed by atoms with Gasteiger partial charge in [0.15, 0.2) is 6.61 Å². The quantitative estimate of drug-likeness (QED) is 0.780. The Morgan fingerprint density at radius 2 is 1.95 bits per heavy atom. The summed E-state index contributed by atoms with van der Waals surface area (Å²) >= 11 is 4.86. The standard InChI is InChI=1S/C14H18N2O3S2/c15-14(20)10-1-3-12(4-2-10)19-9-13(17)16-11-5-7-21(18)8-6-11/h1-4,11H,5-9H2,(H2,15,20)(H,16,17). The minimum Gasteiger partial charge on any atom is -0.484 e. The van der Waals surface area contributed by atoms with E-state index in [9.17, 15) is 9.00 Å². The van der Waals surface area contributed by atoms with Crippen molar-refractivity contribution in [3.63, 3.8) is 0 Å². The average Bonchev–Trinajstić information content (AvgIpc) is 2.48. The second kappa shape index (κ2) is 7.51. The summed E-state index contributed by atoms with van der Waals surface area (Å²) in [6.07, 6.45) is 1.53. The van der Waals surface area contributed by atoms with E-state index in [0.717, 1.165) is 18.4 Å². The molecule has 1 fully saturated rings. The third kappa shape index (κ3) is 5.09. The van der Waals surface area contributed by atoms with Crippen LogP contribution in [0.2, 0.25) is 0 Å². The van der Waals surface area contributed by atoms with Crippen LogP contribution in [0.3, 0.4) is 0 Å². The molecule has 21 heavy (non-hydrogen) atoms. The van der Waals surface area contributed by atoms with E-state index in [4.69, 9.17) is 22.7 Å². The van der Waals surface area contributed by atoms with Crippen LogP contribution in [0.25, 0.3) is 0 Å². The van der Waals surface area contributed by atoms with Crippen molar-refractivity contribution in [3.05, 3.63) is 29.8 Å². The zero-order chi connectivity index (χ0) is 15.2. The summed E-state index contributed by atoms with van der Waals surface area (Å²) in [7, 11) is -0.719. The van der Waals surface area contributed by atoms with Gasteiger partial charge in [-0.05, 0) is 37.1 Å². The Morgan fingerprint density at radius 1 is 1.33 bits per heavy atom. The van der Waals surface area contributed by atoms with Crippen molar-refractivity contribution in [2.45, 2.75) is 18.9 Å². The summed E-state index contributed by atoms with van der Waals surface area (Å²) in [5.41, 5.74) is 6.27. The maximum absolute atomic E-state index is 11.8. The molecular weight excluding hydrogens is 308 g/mol. The molecule has 1 aromatic rings. The Bertz CT molecular complexity index is 536. The number of benzene rings is 1. The second-order valence-electron chi connectivity index (χ2n) is 4.87. The normalized spacial score (nSPS) is 21.5. The van der Waals surface area contributed by atoms with E-state index in [1.807, 2.05) is 0 Å². The fraction of sp³-hybridized carbons (Fsp3) is 0.429. The predicted molar refractivity (Wildman–Crippen MR) is 86.9 cm³/mol. The van der Waals surface area contributed by atoms with Gasteiger partial charge in [0.25, 0.3) is 5.91 Å². The van der Waals surface area contributed by atoms with Gasteiger partial charge in [0.1, 0.15) is 10.7 Å². The van der Waals surface area contributed by atoms with E-state index >= 15 is 0 Å². The summed E-state index contributed by atoms with van der Waals surface area (Å²) in [5.74, 6) is 1.75. The van der Waals surface area contributed by atoms with E-state index in [2.05, 4.69) is 5.32 Å². The predicted octanol–water partition coefficient (Wildman–Crippen LogP) is 0.727. The average molecular weight is 326 g/mol. The lowest BCUT2D eigenvalue weighted by Gasteiger charge is -2.22. The SMILES string of the molecule is NC(=S)c1ccc(OCC(=O)NC2CCS(=O)CC2)cc1. The van der Waals surface area contributed by atoms with Crippen LogP contribution in [0.4, 0.5) is 0 Å². The number of hydrogen-bond acceptors (Lipinski definition) is 4. The highest BCUT2D eigenvalue weighted by Gasteiger charge is 2.19. The smallest absolute Gasteiger partial charge is 0.258 e. The molecule has 1 aliphatic heterocycles. The van der Waals surface area contributed by atoms with Crippen LogP contribution in [-0.2, 0) is 15.6 Å². The zero-order valence-corrected chi connectivity index (χ0v) is 13.2. The molecule has 1 saturated heterocycles. The molecule has 0 spiro atoms. The lowest BCUT2D eigenvalue weighted by atomic mass is 10.1. The number of thiocarbonyl (C=S) groups is 1. The van der Waals surface area contributed by atoms with Gasteiger partial charge in [-0.1, -0.05) is 12.2 Å². The third-order valence-corrected chi connectivity index (χ3v) is 4.88. The van der Waals surface area contributed by atoms with Crippen molar-refractivity contribution < 1.29 is 13.7 Å². The molecule has 5 nitrogen and oxygen atoms in total. The molecule has 0 radical (unpaired) electrons. The number of rotatable bonds is 5. The van der Waals surface area contributed by atoms with Crippen molar-refractivity contribution in [3.8, 4) is 5.75 Å². The Morgan fingerprint density at radius 3 is 2.52 bits per heavy atom. The maximum atomic E-state index is 11.8. The number of nitrogens with two attached hydrogens (primary N) is 1. The van der Waals surface area contributed by atoms with Crippen molar-refractivity contribution in [1.29, 1.82) is 0 Å². The maximum Gasteiger partial charge on any atom is 0.258 e. The topological polar surface area (TPSA) is 81.4 Å². The number of amides is 1. The first kappa shape index (κ1) is 15.9. The lowest BCUT2D eigenvalue weighted by Crippen LogP contribution is -2.41. The molecule has 1 amide bonds. The van der Waals surface area contributed by atoms with E-state index in [1.165, 1.54) is 0 Å². The van der Waals surface area contributed by atoms with Gasteiger partial charge in [-0.15, -0.1) is 0 Å². The Balaban J connectivity index is 1.75. The van der Waals surface area contributed by atoms with Gasteiger partial charge < -0.3 is 15.8 Å². The van der Waals surface area contributed by atoms with Crippen molar-refractivity contribution in [1.82, 2.24) is 5.32 Å². The first-order valence-electron chi connectivity index (χ1n) is 6.71. The summed E-state index contributed by atoms with van der Waals surface area (Å²) in [4.78, 5) is 12.1. The fourth-order valence-corrected chi connectivity index (χ4v) is 3.51. The monoisotopic (exact) mass is 326 g/mol. The second-order valence-corrected chi connectivity index (χ2v) is 7.00. The molecule has 114 valence electrons. The van der Waals surface area contributed by atoms with Crippen LogP contribution in [0.15, 0.2) is 24.3 Å². The number of hydrogen-bond donors (Lipinski definition) is 2. The summed E-state index contributed by atoms with van der Waals surface area (Å²) in [6, 6.07) is 7.07. The highest BCUT2D eigenvalue weighted by molar-refractivity contribution is 7.85. The van der Waals surface area contributed by atoms with Gasteiger partial charge in [-0.2, -0.15) is 0 Å². The van der Waals surface area contributed by atoms with Crippen LogP contribution in [0.1, 0.15) is 18.4 Å². The van der Waals surface area contributed by atoms with E-state index in [1.54, 1.807) is 24.3 Å². The number of ether oxygens (including phenoxy) is 1. The van der Waals surface area contributed by atoms with Gasteiger partial charge in [0, 0.05) is 33.9 Å². The van der Waals surface area contributed by atoms with Crippen molar-refractivity contribution in [2.24, 2.45) is 5.73 Å². The van der Waals surface area contributed by atoms with Gasteiger partial charge >= 0.3 is 0 Å². The molecule has 0 aromatic heterocycles. The Labute approximate surface area is 131 Å². The lowest BCUT2D eigenvalue weighted by molar-refractivity contribution is -0.123. The molecule has 1 aromatic carbocycles. The van der Waals surface area contributed by atoms with Crippen LogP contribution in [-0.4, -0.2) is 39.3 Å². The van der Waals surface area contributed by atoms with Crippen LogP contribution < -0.4 is 15.8 Å². The largest absolute Gasteiger partial charge is 0.484 e. The summed E-state index contributed by atoms with van der Waals surface area (Å²) < 4.78 is 16.6. The highest BCUT2D eigenvalue weighted by atomic mass is 32.2. The van der Waals surface area contributed by atoms with Crippen LogP contribution in [0.5, 0.6) is 5.75 Å². The molecule has 3 N–H and O–H groups in total. The minimum atomic E-state index is -0.719. The van der Waals surface area contributed by atoms with Gasteiger partial charge in [0.05, 0.1) is 0 Å². The van der Waals surface area contributed by atoms with E-state index in [0.29, 0.717) is 22.2 Å². The van der Waals surface area contributed by atoms with Gasteiger partial charge in [0.2, 0.25) is 0 Å². The van der Waals surface area contributed by atoms with E-state index < -0.39 is 10.8 Å². The van der Waals surface area contributed by atoms with Gasteiger partial charge in [-0.3, -0.25) is 9.00 Å². The Kier molecular flexibility index (Phi) is 5.69. The molecular formula is C14H18N2O3S2. The van der Waals surface area contributed by atoms with Crippen molar-refractivity contribution >= 4 is 33.9 Å². The fourth-order valence-electron chi connectivity index (χ4n) is 2.07. The highest BCUT2D eigenvalue weighted by Crippen LogP contribution is 2.12. The van der Waals surface area contributed by atoms with Crippen LogP contribution >= 0.6 is 12.2 Å². The summed E-state index contributed by atoms with van der Waals surface area (Å²) in [5, 5.41) is 2.90. The number of carbonyl (C=O) groups excluding carboxylic acids is 1. The summed E-state index contributed by atoms with van der Waals surface area (Å²) in [6.45, 7) is -0.0357. The zero-order valence-electron chi connectivity index (χ0n) is 11.5.